The van der Waals surface area contributed by atoms with Crippen LogP contribution in [0, 0.1) is 17.2 Å². The van der Waals surface area contributed by atoms with Crippen molar-refractivity contribution in [2.24, 2.45) is 5.92 Å². The van der Waals surface area contributed by atoms with E-state index in [1.165, 1.54) is 0 Å². The molecule has 1 aromatic rings. The zero-order valence-electron chi connectivity index (χ0n) is 11.0. The van der Waals surface area contributed by atoms with Gasteiger partial charge in [-0.15, -0.1) is 0 Å². The smallest absolute Gasteiger partial charge is 0.269 e. The zero-order valence-corrected chi connectivity index (χ0v) is 11.0. The lowest BCUT2D eigenvalue weighted by Crippen LogP contribution is -2.28. The second kappa shape index (κ2) is 6.60. The Morgan fingerprint density at radius 2 is 2.39 bits per heavy atom. The first-order chi connectivity index (χ1) is 8.62. The average Bonchev–Trinajstić information content (AvgIpc) is 2.43. The maximum atomic E-state index is 11.5. The molecule has 0 aliphatic carbocycles. The maximum Gasteiger partial charge on any atom is 0.269 e. The van der Waals surface area contributed by atoms with Crippen LogP contribution in [0.2, 0.25) is 0 Å². The first kappa shape index (κ1) is 14.0. The van der Waals surface area contributed by atoms with Gasteiger partial charge in [-0.2, -0.15) is 5.26 Å². The van der Waals surface area contributed by atoms with Crippen LogP contribution in [0.5, 0.6) is 0 Å². The summed E-state index contributed by atoms with van der Waals surface area (Å²) in [5.74, 6) is -0.261. The Morgan fingerprint density at radius 3 is 2.94 bits per heavy atom. The normalized spacial score (nSPS) is 11.4. The Morgan fingerprint density at radius 1 is 1.67 bits per heavy atom. The lowest BCUT2D eigenvalue weighted by atomic mass is 10.2. The van der Waals surface area contributed by atoms with Gasteiger partial charge in [0.05, 0.1) is 12.0 Å². The molecular weight excluding hydrogens is 228 g/mol. The van der Waals surface area contributed by atoms with Crippen molar-refractivity contribution in [3.8, 4) is 6.07 Å². The Kier molecular flexibility index (Phi) is 5.12. The third-order valence-electron chi connectivity index (χ3n) is 2.66. The van der Waals surface area contributed by atoms with Crippen LogP contribution in [0.25, 0.3) is 0 Å². The van der Waals surface area contributed by atoms with Gasteiger partial charge in [-0.05, 0) is 26.0 Å². The summed E-state index contributed by atoms with van der Waals surface area (Å²) in [4.78, 5) is 17.6. The number of carbonyl (C=O) groups excluding carboxylic acids is 1. The molecule has 1 N–H and O–H groups in total. The molecular formula is C13H18N4O. The fourth-order valence-electron chi connectivity index (χ4n) is 1.66. The Labute approximate surface area is 107 Å². The van der Waals surface area contributed by atoms with Crippen molar-refractivity contribution in [3.63, 3.8) is 0 Å². The summed E-state index contributed by atoms with van der Waals surface area (Å²) < 4.78 is 0. The zero-order chi connectivity index (χ0) is 13.5. The van der Waals surface area contributed by atoms with Crippen molar-refractivity contribution in [1.82, 2.24) is 10.3 Å². The molecule has 96 valence electrons. The summed E-state index contributed by atoms with van der Waals surface area (Å²) in [6, 6.07) is 5.80. The molecule has 1 rings (SSSR count). The van der Waals surface area contributed by atoms with E-state index in [0.717, 1.165) is 12.2 Å². The largest absolute Gasteiger partial charge is 0.370 e. The van der Waals surface area contributed by atoms with Crippen LogP contribution < -0.4 is 10.2 Å². The fourth-order valence-corrected chi connectivity index (χ4v) is 1.66. The third-order valence-corrected chi connectivity index (χ3v) is 2.66. The van der Waals surface area contributed by atoms with Crippen molar-refractivity contribution in [1.29, 1.82) is 5.26 Å². The number of amides is 1. The number of nitriles is 1. The van der Waals surface area contributed by atoms with Gasteiger partial charge in [0.25, 0.3) is 5.91 Å². The molecule has 0 aliphatic rings. The second-order valence-electron chi connectivity index (χ2n) is 4.05. The maximum absolute atomic E-state index is 11.5. The van der Waals surface area contributed by atoms with Crippen LogP contribution in [0.4, 0.5) is 5.69 Å². The fraction of sp³-hybridized carbons (Fsp3) is 0.462. The van der Waals surface area contributed by atoms with E-state index in [2.05, 4.69) is 21.3 Å². The molecule has 0 bridgehead atoms. The molecule has 5 heteroatoms. The van der Waals surface area contributed by atoms with E-state index in [1.807, 2.05) is 19.9 Å². The summed E-state index contributed by atoms with van der Waals surface area (Å²) >= 11 is 0. The van der Waals surface area contributed by atoms with E-state index >= 15 is 0 Å². The van der Waals surface area contributed by atoms with Gasteiger partial charge in [-0.3, -0.25) is 9.78 Å². The number of aromatic nitrogens is 1. The quantitative estimate of drug-likeness (QED) is 0.853. The molecule has 0 radical (unpaired) electrons. The molecule has 1 amide bonds. The van der Waals surface area contributed by atoms with E-state index in [9.17, 15) is 4.79 Å². The minimum Gasteiger partial charge on any atom is -0.370 e. The molecule has 1 atom stereocenters. The average molecular weight is 246 g/mol. The molecule has 0 saturated heterocycles. The van der Waals surface area contributed by atoms with E-state index in [1.54, 1.807) is 19.3 Å². The summed E-state index contributed by atoms with van der Waals surface area (Å²) in [5, 5.41) is 11.4. The predicted molar refractivity (Wildman–Crippen MR) is 70.3 cm³/mol. The van der Waals surface area contributed by atoms with Crippen molar-refractivity contribution < 1.29 is 4.79 Å². The molecule has 0 fully saturated rings. The van der Waals surface area contributed by atoms with E-state index < -0.39 is 0 Å². The summed E-state index contributed by atoms with van der Waals surface area (Å²) in [6.07, 6.45) is 1.61. The summed E-state index contributed by atoms with van der Waals surface area (Å²) in [5.41, 5.74) is 1.30. The van der Waals surface area contributed by atoms with Gasteiger partial charge in [-0.1, -0.05) is 0 Å². The SMILES string of the molecule is CCN(CC(C)C#N)c1ccnc(C(=O)NC)c1. The Bertz CT molecular complexity index is 453. The third kappa shape index (κ3) is 3.45. The highest BCUT2D eigenvalue weighted by atomic mass is 16.1. The standard InChI is InChI=1S/C13H18N4O/c1-4-17(9-10(2)8-14)11-5-6-16-12(7-11)13(18)15-3/h5-7,10H,4,9H2,1-3H3,(H,15,18). The van der Waals surface area contributed by atoms with Crippen molar-refractivity contribution in [2.45, 2.75) is 13.8 Å². The number of hydrogen-bond acceptors (Lipinski definition) is 4. The van der Waals surface area contributed by atoms with Crippen LogP contribution in [-0.2, 0) is 0 Å². The Balaban J connectivity index is 2.93. The van der Waals surface area contributed by atoms with E-state index in [0.29, 0.717) is 12.2 Å². The molecule has 1 heterocycles. The van der Waals surface area contributed by atoms with Crippen molar-refractivity contribution in [2.75, 3.05) is 25.0 Å². The van der Waals surface area contributed by atoms with Gasteiger partial charge in [0.15, 0.2) is 0 Å². The molecule has 0 aromatic carbocycles. The first-order valence-electron chi connectivity index (χ1n) is 5.95. The highest BCUT2D eigenvalue weighted by Crippen LogP contribution is 2.16. The van der Waals surface area contributed by atoms with E-state index in [4.69, 9.17) is 5.26 Å². The summed E-state index contributed by atoms with van der Waals surface area (Å²) in [7, 11) is 1.58. The van der Waals surface area contributed by atoms with Crippen LogP contribution in [0.15, 0.2) is 18.3 Å². The number of pyridine rings is 1. The van der Waals surface area contributed by atoms with Crippen molar-refractivity contribution >= 4 is 11.6 Å². The topological polar surface area (TPSA) is 69.0 Å². The number of carbonyl (C=O) groups is 1. The van der Waals surface area contributed by atoms with Gasteiger partial charge in [0.1, 0.15) is 5.69 Å². The number of nitrogens with zero attached hydrogens (tertiary/aromatic N) is 3. The van der Waals surface area contributed by atoms with Crippen LogP contribution in [-0.4, -0.2) is 31.0 Å². The van der Waals surface area contributed by atoms with Crippen LogP contribution in [0.3, 0.4) is 0 Å². The highest BCUT2D eigenvalue weighted by Gasteiger charge is 2.12. The molecule has 0 aliphatic heterocycles. The minimum atomic E-state index is -0.207. The molecule has 5 nitrogen and oxygen atoms in total. The Hall–Kier alpha value is -2.09. The predicted octanol–water partition coefficient (Wildman–Crippen LogP) is 1.43. The number of nitrogens with one attached hydrogen (secondary N) is 1. The van der Waals surface area contributed by atoms with Crippen molar-refractivity contribution in [3.05, 3.63) is 24.0 Å². The number of rotatable bonds is 5. The molecule has 1 unspecified atom stereocenters. The van der Waals surface area contributed by atoms with Gasteiger partial charge < -0.3 is 10.2 Å². The number of anilines is 1. The highest BCUT2D eigenvalue weighted by molar-refractivity contribution is 5.92. The van der Waals surface area contributed by atoms with E-state index in [-0.39, 0.29) is 11.8 Å². The lowest BCUT2D eigenvalue weighted by Gasteiger charge is -2.24. The summed E-state index contributed by atoms with van der Waals surface area (Å²) in [6.45, 7) is 5.32. The second-order valence-corrected chi connectivity index (χ2v) is 4.05. The monoisotopic (exact) mass is 246 g/mol. The minimum absolute atomic E-state index is 0.0541. The molecule has 0 spiro atoms. The van der Waals surface area contributed by atoms with Crippen LogP contribution >= 0.6 is 0 Å². The van der Waals surface area contributed by atoms with Crippen LogP contribution in [0.1, 0.15) is 24.3 Å². The van der Waals surface area contributed by atoms with Gasteiger partial charge in [-0.25, -0.2) is 0 Å². The van der Waals surface area contributed by atoms with Gasteiger partial charge >= 0.3 is 0 Å². The van der Waals surface area contributed by atoms with Gasteiger partial charge in [0, 0.05) is 32.0 Å². The van der Waals surface area contributed by atoms with Gasteiger partial charge in [0.2, 0.25) is 0 Å². The lowest BCUT2D eigenvalue weighted by molar-refractivity contribution is 0.0958. The first-order valence-corrected chi connectivity index (χ1v) is 5.95. The molecule has 18 heavy (non-hydrogen) atoms. The molecule has 1 aromatic heterocycles. The molecule has 0 saturated carbocycles. The number of hydrogen-bond donors (Lipinski definition) is 1.